The van der Waals surface area contributed by atoms with Crippen molar-refractivity contribution in [1.29, 1.82) is 0 Å². The van der Waals surface area contributed by atoms with E-state index in [1.807, 2.05) is 30.3 Å². The van der Waals surface area contributed by atoms with Crippen LogP contribution in [0.3, 0.4) is 0 Å². The van der Waals surface area contributed by atoms with Crippen LogP contribution in [-0.2, 0) is 9.84 Å². The highest BCUT2D eigenvalue weighted by molar-refractivity contribution is 7.91. The second-order valence-electron chi connectivity index (χ2n) is 4.80. The quantitative estimate of drug-likeness (QED) is 0.817. The maximum atomic E-state index is 12.5. The molecule has 0 aliphatic carbocycles. The van der Waals surface area contributed by atoms with Gasteiger partial charge in [0, 0.05) is 19.1 Å². The number of nitrogens with one attached hydrogen (secondary N) is 1. The Morgan fingerprint density at radius 3 is 2.10 bits per heavy atom. The molecule has 0 unspecified atom stereocenters. The van der Waals surface area contributed by atoms with Gasteiger partial charge in [-0.1, -0.05) is 48.5 Å². The minimum atomic E-state index is -3.34. The zero-order valence-corrected chi connectivity index (χ0v) is 12.6. The fraction of sp³-hybridized carbons (Fsp3) is 0.250. The molecule has 0 saturated carbocycles. The van der Waals surface area contributed by atoms with Gasteiger partial charge < -0.3 is 11.1 Å². The van der Waals surface area contributed by atoms with Gasteiger partial charge in [-0.25, -0.2) is 8.42 Å². The molecule has 112 valence electrons. The van der Waals surface area contributed by atoms with Crippen molar-refractivity contribution in [2.75, 3.05) is 18.8 Å². The third-order valence-corrected chi connectivity index (χ3v) is 4.99. The average Bonchev–Trinajstić information content (AvgIpc) is 2.53. The molecule has 0 heterocycles. The number of hydrogen-bond acceptors (Lipinski definition) is 4. The molecule has 4 nitrogen and oxygen atoms in total. The monoisotopic (exact) mass is 304 g/mol. The van der Waals surface area contributed by atoms with Crippen molar-refractivity contribution in [3.05, 3.63) is 66.2 Å². The van der Waals surface area contributed by atoms with Crippen LogP contribution < -0.4 is 11.1 Å². The first kappa shape index (κ1) is 15.7. The third kappa shape index (κ3) is 4.39. The molecule has 2 aromatic rings. The molecular weight excluding hydrogens is 284 g/mol. The zero-order chi connectivity index (χ0) is 15.1. The summed E-state index contributed by atoms with van der Waals surface area (Å²) in [6.45, 7) is 1.04. The van der Waals surface area contributed by atoms with E-state index in [1.165, 1.54) is 0 Å². The molecule has 0 aliphatic rings. The Morgan fingerprint density at radius 1 is 0.952 bits per heavy atom. The summed E-state index contributed by atoms with van der Waals surface area (Å²) < 4.78 is 25.0. The van der Waals surface area contributed by atoms with Crippen molar-refractivity contribution < 1.29 is 8.42 Å². The second kappa shape index (κ2) is 7.36. The molecule has 2 rings (SSSR count). The van der Waals surface area contributed by atoms with Crippen molar-refractivity contribution in [3.8, 4) is 0 Å². The molecule has 3 N–H and O–H groups in total. The average molecular weight is 304 g/mol. The van der Waals surface area contributed by atoms with Crippen LogP contribution in [0.15, 0.2) is 65.6 Å². The standard InChI is InChI=1S/C16H20N2O2S/c17-11-12-18-16(14-7-3-1-4-8-14)13-21(19,20)15-9-5-2-6-10-15/h1-10,16,18H,11-13,17H2/t16-/m1/s1. The maximum Gasteiger partial charge on any atom is 0.180 e. The lowest BCUT2D eigenvalue weighted by Gasteiger charge is -2.19. The number of sulfone groups is 1. The Balaban J connectivity index is 2.23. The first-order valence-corrected chi connectivity index (χ1v) is 8.55. The predicted molar refractivity (Wildman–Crippen MR) is 84.7 cm³/mol. The van der Waals surface area contributed by atoms with Crippen LogP contribution in [-0.4, -0.2) is 27.3 Å². The fourth-order valence-corrected chi connectivity index (χ4v) is 3.67. The lowest BCUT2D eigenvalue weighted by molar-refractivity contribution is 0.552. The van der Waals surface area contributed by atoms with E-state index in [4.69, 9.17) is 5.73 Å². The van der Waals surface area contributed by atoms with Crippen LogP contribution in [0.25, 0.3) is 0 Å². The first-order chi connectivity index (χ1) is 10.1. The fourth-order valence-electron chi connectivity index (χ4n) is 2.16. The van der Waals surface area contributed by atoms with E-state index in [-0.39, 0.29) is 11.8 Å². The van der Waals surface area contributed by atoms with Gasteiger partial charge in [-0.2, -0.15) is 0 Å². The second-order valence-corrected chi connectivity index (χ2v) is 6.83. The highest BCUT2D eigenvalue weighted by Gasteiger charge is 2.21. The molecule has 1 atom stereocenters. The van der Waals surface area contributed by atoms with E-state index < -0.39 is 9.84 Å². The number of benzene rings is 2. The number of rotatable bonds is 7. The van der Waals surface area contributed by atoms with Crippen LogP contribution in [0.5, 0.6) is 0 Å². The van der Waals surface area contributed by atoms with Crippen molar-refractivity contribution in [2.24, 2.45) is 5.73 Å². The van der Waals surface area contributed by atoms with Crippen LogP contribution in [0.1, 0.15) is 11.6 Å². The SMILES string of the molecule is NCCN[C@H](CS(=O)(=O)c1ccccc1)c1ccccc1. The van der Waals surface area contributed by atoms with E-state index in [2.05, 4.69) is 5.32 Å². The molecule has 5 heteroatoms. The molecule has 0 aromatic heterocycles. The summed E-state index contributed by atoms with van der Waals surface area (Å²) >= 11 is 0. The third-order valence-electron chi connectivity index (χ3n) is 3.23. The van der Waals surface area contributed by atoms with E-state index in [0.717, 1.165) is 5.56 Å². The molecule has 0 radical (unpaired) electrons. The number of nitrogens with two attached hydrogens (primary N) is 1. The van der Waals surface area contributed by atoms with Crippen LogP contribution in [0.2, 0.25) is 0 Å². The van der Waals surface area contributed by atoms with E-state index in [1.54, 1.807) is 30.3 Å². The molecule has 0 aliphatic heterocycles. The van der Waals surface area contributed by atoms with Gasteiger partial charge in [0.1, 0.15) is 0 Å². The van der Waals surface area contributed by atoms with E-state index >= 15 is 0 Å². The molecule has 0 spiro atoms. The summed E-state index contributed by atoms with van der Waals surface area (Å²) in [4.78, 5) is 0.348. The largest absolute Gasteiger partial charge is 0.329 e. The summed E-state index contributed by atoms with van der Waals surface area (Å²) in [6, 6.07) is 17.8. The van der Waals surface area contributed by atoms with Crippen LogP contribution >= 0.6 is 0 Å². The van der Waals surface area contributed by atoms with Gasteiger partial charge in [0.2, 0.25) is 0 Å². The Hall–Kier alpha value is -1.69. The summed E-state index contributed by atoms with van der Waals surface area (Å²) in [5.41, 5.74) is 6.47. The Kier molecular flexibility index (Phi) is 5.50. The van der Waals surface area contributed by atoms with Gasteiger partial charge in [-0.15, -0.1) is 0 Å². The summed E-state index contributed by atoms with van der Waals surface area (Å²) in [5, 5.41) is 3.21. The van der Waals surface area contributed by atoms with Gasteiger partial charge in [-0.3, -0.25) is 0 Å². The zero-order valence-electron chi connectivity index (χ0n) is 11.8. The van der Waals surface area contributed by atoms with Crippen molar-refractivity contribution in [1.82, 2.24) is 5.32 Å². The van der Waals surface area contributed by atoms with E-state index in [0.29, 0.717) is 18.0 Å². The normalized spacial score (nSPS) is 13.0. The van der Waals surface area contributed by atoms with Crippen molar-refractivity contribution >= 4 is 9.84 Å². The molecule has 0 amide bonds. The minimum absolute atomic E-state index is 0.0149. The minimum Gasteiger partial charge on any atom is -0.329 e. The van der Waals surface area contributed by atoms with Gasteiger partial charge >= 0.3 is 0 Å². The molecule has 2 aromatic carbocycles. The first-order valence-electron chi connectivity index (χ1n) is 6.89. The Labute approximate surface area is 125 Å². The highest BCUT2D eigenvalue weighted by atomic mass is 32.2. The van der Waals surface area contributed by atoms with Gasteiger partial charge in [0.15, 0.2) is 9.84 Å². The summed E-state index contributed by atoms with van der Waals surface area (Å²) in [7, 11) is -3.34. The molecule has 0 fully saturated rings. The van der Waals surface area contributed by atoms with Gasteiger partial charge in [-0.05, 0) is 17.7 Å². The van der Waals surface area contributed by atoms with Gasteiger partial charge in [0.25, 0.3) is 0 Å². The van der Waals surface area contributed by atoms with Crippen molar-refractivity contribution in [3.63, 3.8) is 0 Å². The summed E-state index contributed by atoms with van der Waals surface area (Å²) in [6.07, 6.45) is 0. The topological polar surface area (TPSA) is 72.2 Å². The smallest absolute Gasteiger partial charge is 0.180 e. The Morgan fingerprint density at radius 2 is 1.52 bits per heavy atom. The van der Waals surface area contributed by atoms with Crippen LogP contribution in [0.4, 0.5) is 0 Å². The van der Waals surface area contributed by atoms with Crippen LogP contribution in [0, 0.1) is 0 Å². The molecule has 0 bridgehead atoms. The Bertz CT molecular complexity index is 642. The van der Waals surface area contributed by atoms with E-state index in [9.17, 15) is 8.42 Å². The van der Waals surface area contributed by atoms with Gasteiger partial charge in [0.05, 0.1) is 10.6 Å². The maximum absolute atomic E-state index is 12.5. The molecule has 21 heavy (non-hydrogen) atoms. The molecule has 0 saturated heterocycles. The lowest BCUT2D eigenvalue weighted by Crippen LogP contribution is -2.32. The predicted octanol–water partition coefficient (Wildman–Crippen LogP) is 1.75. The highest BCUT2D eigenvalue weighted by Crippen LogP contribution is 2.19. The number of hydrogen-bond donors (Lipinski definition) is 2. The lowest BCUT2D eigenvalue weighted by atomic mass is 10.1. The van der Waals surface area contributed by atoms with Crippen molar-refractivity contribution in [2.45, 2.75) is 10.9 Å². The summed E-state index contributed by atoms with van der Waals surface area (Å²) in [5.74, 6) is 0.0149. The molecular formula is C16H20N2O2S.